The van der Waals surface area contributed by atoms with E-state index in [0.717, 1.165) is 18.4 Å². The third-order valence-electron chi connectivity index (χ3n) is 3.33. The zero-order valence-corrected chi connectivity index (χ0v) is 12.2. The lowest BCUT2D eigenvalue weighted by atomic mass is 10.0. The number of carbonyl (C=O) groups excluding carboxylic acids is 1. The summed E-state index contributed by atoms with van der Waals surface area (Å²) in [5.41, 5.74) is 2.19. The highest BCUT2D eigenvalue weighted by atomic mass is 16.4. The quantitative estimate of drug-likeness (QED) is 0.767. The highest BCUT2D eigenvalue weighted by Gasteiger charge is 2.17. The lowest BCUT2D eigenvalue weighted by Gasteiger charge is -2.12. The molecule has 0 saturated heterocycles. The summed E-state index contributed by atoms with van der Waals surface area (Å²) >= 11 is 0. The number of hydrogen-bond acceptors (Lipinski definition) is 2. The highest BCUT2D eigenvalue weighted by Crippen LogP contribution is 2.07. The topological polar surface area (TPSA) is 66.4 Å². The standard InChI is InChI=1S/C16H23NO3/c1-3-5-14(16(19)20)11-17-15(18)10-13-8-6-12(4-2)7-9-13/h6-9,14H,3-5,10-11H2,1-2H3,(H,17,18)(H,19,20). The van der Waals surface area contributed by atoms with Gasteiger partial charge in [0.05, 0.1) is 12.3 Å². The fraction of sp³-hybridized carbons (Fsp3) is 0.500. The van der Waals surface area contributed by atoms with Gasteiger partial charge < -0.3 is 10.4 Å². The van der Waals surface area contributed by atoms with Gasteiger partial charge in [0.25, 0.3) is 0 Å². The number of amides is 1. The van der Waals surface area contributed by atoms with Crippen molar-refractivity contribution in [3.8, 4) is 0 Å². The summed E-state index contributed by atoms with van der Waals surface area (Å²) in [5.74, 6) is -1.47. The number of aryl methyl sites for hydroxylation is 1. The van der Waals surface area contributed by atoms with Gasteiger partial charge >= 0.3 is 5.97 Å². The van der Waals surface area contributed by atoms with Crippen molar-refractivity contribution in [2.24, 2.45) is 5.92 Å². The first kappa shape index (κ1) is 16.2. The third-order valence-corrected chi connectivity index (χ3v) is 3.33. The van der Waals surface area contributed by atoms with Crippen LogP contribution in [0, 0.1) is 5.92 Å². The molecule has 0 aromatic heterocycles. The van der Waals surface area contributed by atoms with E-state index in [4.69, 9.17) is 5.11 Å². The van der Waals surface area contributed by atoms with Crippen molar-refractivity contribution in [3.05, 3.63) is 35.4 Å². The molecule has 0 spiro atoms. The lowest BCUT2D eigenvalue weighted by Crippen LogP contribution is -2.33. The van der Waals surface area contributed by atoms with Crippen LogP contribution >= 0.6 is 0 Å². The zero-order chi connectivity index (χ0) is 15.0. The molecule has 1 unspecified atom stereocenters. The summed E-state index contributed by atoms with van der Waals surface area (Å²) in [4.78, 5) is 22.8. The van der Waals surface area contributed by atoms with Crippen LogP contribution in [0.15, 0.2) is 24.3 Å². The summed E-state index contributed by atoms with van der Waals surface area (Å²) in [7, 11) is 0. The van der Waals surface area contributed by atoms with Gasteiger partial charge in [-0.2, -0.15) is 0 Å². The van der Waals surface area contributed by atoms with Crippen LogP contribution in [0.25, 0.3) is 0 Å². The molecule has 0 aliphatic carbocycles. The molecule has 20 heavy (non-hydrogen) atoms. The predicted molar refractivity (Wildman–Crippen MR) is 78.6 cm³/mol. The van der Waals surface area contributed by atoms with Gasteiger partial charge in [-0.05, 0) is 24.0 Å². The Labute approximate surface area is 120 Å². The SMILES string of the molecule is CCCC(CNC(=O)Cc1ccc(CC)cc1)C(=O)O. The molecule has 0 heterocycles. The van der Waals surface area contributed by atoms with Crippen LogP contribution in [0.5, 0.6) is 0 Å². The van der Waals surface area contributed by atoms with Crippen LogP contribution in [0.3, 0.4) is 0 Å². The molecule has 0 saturated carbocycles. The number of benzene rings is 1. The van der Waals surface area contributed by atoms with Crippen molar-refractivity contribution in [3.63, 3.8) is 0 Å². The first-order chi connectivity index (χ1) is 9.56. The average Bonchev–Trinajstić information content (AvgIpc) is 2.44. The van der Waals surface area contributed by atoms with Crippen molar-refractivity contribution in [2.75, 3.05) is 6.54 Å². The van der Waals surface area contributed by atoms with E-state index in [1.54, 1.807) is 0 Å². The Hall–Kier alpha value is -1.84. The fourth-order valence-electron chi connectivity index (χ4n) is 2.04. The van der Waals surface area contributed by atoms with Crippen molar-refractivity contribution in [1.29, 1.82) is 0 Å². The van der Waals surface area contributed by atoms with E-state index in [9.17, 15) is 9.59 Å². The van der Waals surface area contributed by atoms with Crippen LogP contribution in [0.4, 0.5) is 0 Å². The molecule has 1 atom stereocenters. The minimum Gasteiger partial charge on any atom is -0.481 e. The molecule has 1 aromatic rings. The smallest absolute Gasteiger partial charge is 0.308 e. The van der Waals surface area contributed by atoms with Crippen LogP contribution in [-0.2, 0) is 22.4 Å². The summed E-state index contributed by atoms with van der Waals surface area (Å²) in [6, 6.07) is 7.91. The lowest BCUT2D eigenvalue weighted by molar-refractivity contribution is -0.141. The number of nitrogens with one attached hydrogen (secondary N) is 1. The molecule has 1 aromatic carbocycles. The Bertz CT molecular complexity index is 440. The minimum absolute atomic E-state index is 0.128. The van der Waals surface area contributed by atoms with Gasteiger partial charge in [-0.25, -0.2) is 0 Å². The normalized spacial score (nSPS) is 11.9. The number of carbonyl (C=O) groups is 2. The summed E-state index contributed by atoms with van der Waals surface area (Å²) in [5, 5.41) is 11.7. The molecule has 110 valence electrons. The predicted octanol–water partition coefficient (Wildman–Crippen LogP) is 2.41. The molecular formula is C16H23NO3. The maximum atomic E-state index is 11.8. The second kappa shape index (κ2) is 8.35. The van der Waals surface area contributed by atoms with E-state index in [1.807, 2.05) is 31.2 Å². The molecule has 0 fully saturated rings. The van der Waals surface area contributed by atoms with Crippen molar-refractivity contribution in [2.45, 2.75) is 39.5 Å². The van der Waals surface area contributed by atoms with Gasteiger partial charge in [0.15, 0.2) is 0 Å². The first-order valence-electron chi connectivity index (χ1n) is 7.14. The van der Waals surface area contributed by atoms with Gasteiger partial charge in [0.2, 0.25) is 5.91 Å². The molecule has 0 aliphatic heterocycles. The largest absolute Gasteiger partial charge is 0.481 e. The molecule has 2 N–H and O–H groups in total. The molecule has 0 bridgehead atoms. The number of carboxylic acids is 1. The second-order valence-electron chi connectivity index (χ2n) is 4.97. The Morgan fingerprint density at radius 2 is 1.75 bits per heavy atom. The average molecular weight is 277 g/mol. The van der Waals surface area contributed by atoms with Crippen molar-refractivity contribution in [1.82, 2.24) is 5.32 Å². The van der Waals surface area contributed by atoms with Gasteiger partial charge in [0, 0.05) is 6.54 Å². The zero-order valence-electron chi connectivity index (χ0n) is 12.2. The van der Waals surface area contributed by atoms with Crippen LogP contribution in [-0.4, -0.2) is 23.5 Å². The van der Waals surface area contributed by atoms with E-state index in [2.05, 4.69) is 12.2 Å². The number of aliphatic carboxylic acids is 1. The third kappa shape index (κ3) is 5.43. The molecular weight excluding hydrogens is 254 g/mol. The molecule has 4 nitrogen and oxygen atoms in total. The molecule has 1 rings (SSSR count). The molecule has 4 heteroatoms. The maximum absolute atomic E-state index is 11.8. The Balaban J connectivity index is 2.44. The Morgan fingerprint density at radius 3 is 2.25 bits per heavy atom. The van der Waals surface area contributed by atoms with Crippen molar-refractivity contribution < 1.29 is 14.7 Å². The molecule has 1 amide bonds. The highest BCUT2D eigenvalue weighted by molar-refractivity contribution is 5.79. The monoisotopic (exact) mass is 277 g/mol. The molecule has 0 radical (unpaired) electrons. The second-order valence-corrected chi connectivity index (χ2v) is 4.97. The first-order valence-corrected chi connectivity index (χ1v) is 7.14. The van der Waals surface area contributed by atoms with Gasteiger partial charge in [-0.15, -0.1) is 0 Å². The van der Waals surface area contributed by atoms with Gasteiger partial charge in [0.1, 0.15) is 0 Å². The molecule has 0 aliphatic rings. The maximum Gasteiger partial charge on any atom is 0.308 e. The number of rotatable bonds is 8. The van der Waals surface area contributed by atoms with E-state index in [-0.39, 0.29) is 12.5 Å². The van der Waals surface area contributed by atoms with Crippen LogP contribution < -0.4 is 5.32 Å². The van der Waals surface area contributed by atoms with E-state index < -0.39 is 11.9 Å². The van der Waals surface area contributed by atoms with Gasteiger partial charge in [-0.1, -0.05) is 44.5 Å². The van der Waals surface area contributed by atoms with Crippen molar-refractivity contribution >= 4 is 11.9 Å². The fourth-order valence-corrected chi connectivity index (χ4v) is 2.04. The van der Waals surface area contributed by atoms with E-state index in [0.29, 0.717) is 12.8 Å². The minimum atomic E-state index is -0.848. The number of carboxylic acid groups (broad SMARTS) is 1. The van der Waals surface area contributed by atoms with Gasteiger partial charge in [-0.3, -0.25) is 9.59 Å². The van der Waals surface area contributed by atoms with Crippen LogP contribution in [0.1, 0.15) is 37.8 Å². The summed E-state index contributed by atoms with van der Waals surface area (Å²) in [6.45, 7) is 4.23. The number of hydrogen-bond donors (Lipinski definition) is 2. The van der Waals surface area contributed by atoms with Crippen LogP contribution in [0.2, 0.25) is 0 Å². The Morgan fingerprint density at radius 1 is 1.15 bits per heavy atom. The van der Waals surface area contributed by atoms with E-state index >= 15 is 0 Å². The summed E-state index contributed by atoms with van der Waals surface area (Å²) in [6.07, 6.45) is 2.65. The Kier molecular flexibility index (Phi) is 6.77. The summed E-state index contributed by atoms with van der Waals surface area (Å²) < 4.78 is 0. The van der Waals surface area contributed by atoms with E-state index in [1.165, 1.54) is 5.56 Å².